The summed E-state index contributed by atoms with van der Waals surface area (Å²) < 4.78 is 5.25. The third-order valence-electron chi connectivity index (χ3n) is 4.40. The molecule has 0 spiro atoms. The van der Waals surface area contributed by atoms with Crippen LogP contribution in [-0.4, -0.2) is 31.0 Å². The Labute approximate surface area is 143 Å². The fourth-order valence-corrected chi connectivity index (χ4v) is 3.15. The van der Waals surface area contributed by atoms with Gasteiger partial charge in [0.25, 0.3) is 5.91 Å². The number of ether oxygens (including phenoxy) is 1. The fraction of sp³-hybridized carbons (Fsp3) is 0.350. The predicted octanol–water partition coefficient (Wildman–Crippen LogP) is 3.22. The number of carbonyl (C=O) groups excluding carboxylic acids is 1. The zero-order chi connectivity index (χ0) is 16.8. The lowest BCUT2D eigenvalue weighted by molar-refractivity contribution is 0.0948. The molecule has 0 atom stereocenters. The zero-order valence-electron chi connectivity index (χ0n) is 14.1. The molecule has 126 valence electrons. The second kappa shape index (κ2) is 7.97. The van der Waals surface area contributed by atoms with E-state index >= 15 is 0 Å². The van der Waals surface area contributed by atoms with Crippen molar-refractivity contribution in [3.05, 3.63) is 65.2 Å². The number of nitrogens with one attached hydrogen (secondary N) is 1. The van der Waals surface area contributed by atoms with E-state index < -0.39 is 0 Å². The van der Waals surface area contributed by atoms with Gasteiger partial charge in [0.2, 0.25) is 0 Å². The molecule has 0 saturated carbocycles. The molecule has 0 bridgehead atoms. The topological polar surface area (TPSA) is 41.6 Å². The highest BCUT2D eigenvalue weighted by Gasteiger charge is 2.13. The summed E-state index contributed by atoms with van der Waals surface area (Å²) in [5.41, 5.74) is 2.99. The molecule has 1 amide bonds. The molecule has 3 rings (SSSR count). The number of carbonyl (C=O) groups is 1. The fourth-order valence-electron chi connectivity index (χ4n) is 3.15. The van der Waals surface area contributed by atoms with Crippen LogP contribution >= 0.6 is 0 Å². The molecule has 0 aromatic heterocycles. The van der Waals surface area contributed by atoms with E-state index in [4.69, 9.17) is 4.74 Å². The first-order chi connectivity index (χ1) is 11.8. The third kappa shape index (κ3) is 4.15. The molecule has 0 aliphatic carbocycles. The summed E-state index contributed by atoms with van der Waals surface area (Å²) in [4.78, 5) is 14.8. The maximum absolute atomic E-state index is 12.4. The van der Waals surface area contributed by atoms with Gasteiger partial charge in [-0.2, -0.15) is 0 Å². The molecule has 1 saturated heterocycles. The number of para-hydroxylation sites is 1. The lowest BCUT2D eigenvalue weighted by atomic mass is 10.1. The molecule has 0 unspecified atom stereocenters. The maximum atomic E-state index is 12.4. The second-order valence-corrected chi connectivity index (χ2v) is 6.19. The number of likely N-dealkylation sites (tertiary alicyclic amines) is 1. The van der Waals surface area contributed by atoms with Gasteiger partial charge >= 0.3 is 0 Å². The van der Waals surface area contributed by atoms with Crippen LogP contribution in [0, 0.1) is 0 Å². The Morgan fingerprint density at radius 3 is 2.62 bits per heavy atom. The number of hydrogen-bond acceptors (Lipinski definition) is 3. The van der Waals surface area contributed by atoms with Crippen molar-refractivity contribution in [2.75, 3.05) is 20.2 Å². The highest BCUT2D eigenvalue weighted by Crippen LogP contribution is 2.17. The van der Waals surface area contributed by atoms with E-state index in [0.717, 1.165) is 12.1 Å². The summed E-state index contributed by atoms with van der Waals surface area (Å²) in [5, 5.41) is 2.98. The van der Waals surface area contributed by atoms with Crippen molar-refractivity contribution in [3.8, 4) is 5.75 Å². The van der Waals surface area contributed by atoms with Crippen LogP contribution in [0.5, 0.6) is 5.75 Å². The standard InChI is InChI=1S/C20H24N2O2/c1-24-19-10-3-2-9-18(19)20(23)21-14-16-7-6-8-17(13-16)15-22-11-4-5-12-22/h2-3,6-10,13H,4-5,11-12,14-15H2,1H3,(H,21,23). The van der Waals surface area contributed by atoms with Crippen molar-refractivity contribution in [1.29, 1.82) is 0 Å². The molecule has 1 aliphatic heterocycles. The van der Waals surface area contributed by atoms with Gasteiger partial charge in [0.05, 0.1) is 12.7 Å². The van der Waals surface area contributed by atoms with Gasteiger partial charge in [-0.15, -0.1) is 0 Å². The number of methoxy groups -OCH3 is 1. The summed E-state index contributed by atoms with van der Waals surface area (Å²) >= 11 is 0. The normalized spacial score (nSPS) is 14.5. The van der Waals surface area contributed by atoms with Crippen molar-refractivity contribution in [1.82, 2.24) is 10.2 Å². The first-order valence-electron chi connectivity index (χ1n) is 8.47. The summed E-state index contributed by atoms with van der Waals surface area (Å²) in [7, 11) is 1.58. The first-order valence-corrected chi connectivity index (χ1v) is 8.47. The number of hydrogen-bond donors (Lipinski definition) is 1. The molecule has 0 radical (unpaired) electrons. The lowest BCUT2D eigenvalue weighted by Crippen LogP contribution is -2.23. The van der Waals surface area contributed by atoms with Crippen molar-refractivity contribution >= 4 is 5.91 Å². The minimum Gasteiger partial charge on any atom is -0.496 e. The van der Waals surface area contributed by atoms with E-state index in [1.807, 2.05) is 12.1 Å². The molecule has 1 heterocycles. The average Bonchev–Trinajstić information content (AvgIpc) is 3.13. The van der Waals surface area contributed by atoms with E-state index in [2.05, 4.69) is 34.5 Å². The Morgan fingerprint density at radius 1 is 1.08 bits per heavy atom. The highest BCUT2D eigenvalue weighted by atomic mass is 16.5. The second-order valence-electron chi connectivity index (χ2n) is 6.19. The van der Waals surface area contributed by atoms with Gasteiger partial charge in [0.1, 0.15) is 5.75 Å². The molecule has 4 nitrogen and oxygen atoms in total. The van der Waals surface area contributed by atoms with Crippen LogP contribution in [0.15, 0.2) is 48.5 Å². The summed E-state index contributed by atoms with van der Waals surface area (Å²) in [6.45, 7) is 3.89. The van der Waals surface area contributed by atoms with Crippen molar-refractivity contribution < 1.29 is 9.53 Å². The summed E-state index contributed by atoms with van der Waals surface area (Å²) in [6.07, 6.45) is 2.60. The van der Waals surface area contributed by atoms with Crippen LogP contribution in [0.4, 0.5) is 0 Å². The Kier molecular flexibility index (Phi) is 5.49. The number of benzene rings is 2. The third-order valence-corrected chi connectivity index (χ3v) is 4.40. The van der Waals surface area contributed by atoms with Crippen LogP contribution in [-0.2, 0) is 13.1 Å². The molecule has 2 aromatic rings. The van der Waals surface area contributed by atoms with Crippen molar-refractivity contribution in [2.24, 2.45) is 0 Å². The monoisotopic (exact) mass is 324 g/mol. The van der Waals surface area contributed by atoms with Crippen LogP contribution in [0.1, 0.15) is 34.3 Å². The van der Waals surface area contributed by atoms with Gasteiger partial charge in [0, 0.05) is 13.1 Å². The number of rotatable bonds is 6. The van der Waals surface area contributed by atoms with E-state index in [0.29, 0.717) is 17.9 Å². The molecule has 4 heteroatoms. The summed E-state index contributed by atoms with van der Waals surface area (Å²) in [6, 6.07) is 15.7. The van der Waals surface area contributed by atoms with Crippen LogP contribution < -0.4 is 10.1 Å². The van der Waals surface area contributed by atoms with Gasteiger partial charge in [-0.25, -0.2) is 0 Å². The molecular weight excluding hydrogens is 300 g/mol. The van der Waals surface area contributed by atoms with Gasteiger partial charge in [0.15, 0.2) is 0 Å². The molecule has 1 fully saturated rings. The Hall–Kier alpha value is -2.33. The van der Waals surface area contributed by atoms with Gasteiger partial charge in [-0.3, -0.25) is 9.69 Å². The molecule has 1 aliphatic rings. The van der Waals surface area contributed by atoms with E-state index in [1.54, 1.807) is 19.2 Å². The van der Waals surface area contributed by atoms with Gasteiger partial charge in [-0.05, 0) is 49.2 Å². The lowest BCUT2D eigenvalue weighted by Gasteiger charge is -2.15. The molecule has 2 aromatic carbocycles. The molecular formula is C20H24N2O2. The highest BCUT2D eigenvalue weighted by molar-refractivity contribution is 5.96. The quantitative estimate of drug-likeness (QED) is 0.887. The molecule has 1 N–H and O–H groups in total. The smallest absolute Gasteiger partial charge is 0.255 e. The Bertz CT molecular complexity index is 694. The van der Waals surface area contributed by atoms with E-state index in [-0.39, 0.29) is 5.91 Å². The minimum atomic E-state index is -0.114. The van der Waals surface area contributed by atoms with Crippen LogP contribution in [0.3, 0.4) is 0 Å². The number of amides is 1. The van der Waals surface area contributed by atoms with Crippen molar-refractivity contribution in [2.45, 2.75) is 25.9 Å². The first kappa shape index (κ1) is 16.5. The Balaban J connectivity index is 1.60. The number of nitrogens with zero attached hydrogens (tertiary/aromatic N) is 1. The zero-order valence-corrected chi connectivity index (χ0v) is 14.1. The van der Waals surface area contributed by atoms with E-state index in [1.165, 1.54) is 31.5 Å². The average molecular weight is 324 g/mol. The predicted molar refractivity (Wildman–Crippen MR) is 95.1 cm³/mol. The van der Waals surface area contributed by atoms with Crippen molar-refractivity contribution in [3.63, 3.8) is 0 Å². The van der Waals surface area contributed by atoms with Gasteiger partial charge in [-0.1, -0.05) is 36.4 Å². The summed E-state index contributed by atoms with van der Waals surface area (Å²) in [5.74, 6) is 0.482. The molecule has 24 heavy (non-hydrogen) atoms. The Morgan fingerprint density at radius 2 is 1.83 bits per heavy atom. The minimum absolute atomic E-state index is 0.114. The maximum Gasteiger partial charge on any atom is 0.255 e. The van der Waals surface area contributed by atoms with Gasteiger partial charge < -0.3 is 10.1 Å². The largest absolute Gasteiger partial charge is 0.496 e. The van der Waals surface area contributed by atoms with E-state index in [9.17, 15) is 4.79 Å². The SMILES string of the molecule is COc1ccccc1C(=O)NCc1cccc(CN2CCCC2)c1. The van der Waals surface area contributed by atoms with Crippen LogP contribution in [0.25, 0.3) is 0 Å². The van der Waals surface area contributed by atoms with Crippen LogP contribution in [0.2, 0.25) is 0 Å².